The Morgan fingerprint density at radius 1 is 1.13 bits per heavy atom. The fourth-order valence-corrected chi connectivity index (χ4v) is 9.73. The summed E-state index contributed by atoms with van der Waals surface area (Å²) >= 11 is 6.43. The summed E-state index contributed by atoms with van der Waals surface area (Å²) in [5.74, 6) is -5.58. The number of alkyl halides is 5. The van der Waals surface area contributed by atoms with E-state index in [1.165, 1.54) is 19.1 Å². The van der Waals surface area contributed by atoms with E-state index >= 15 is 4.79 Å². The normalized spacial score (nSPS) is 28.5. The maximum Gasteiger partial charge on any atom is 0.411 e. The highest BCUT2D eigenvalue weighted by Crippen LogP contribution is 2.47. The molecule has 1 aromatic carbocycles. The lowest BCUT2D eigenvalue weighted by molar-refractivity contribution is -0.222. The number of carboxylic acid groups (broad SMARTS) is 1. The first-order chi connectivity index (χ1) is 28.0. The number of nitrogens with one attached hydrogen (secondary N) is 2. The molecule has 3 fully saturated rings. The molecule has 3 heterocycles. The Hall–Kier alpha value is -4.46. The molecule has 4 aliphatic rings. The molecule has 2 aliphatic heterocycles. The molecule has 6 rings (SSSR count). The third-order valence-electron chi connectivity index (χ3n) is 11.8. The average molecular weight is 892 g/mol. The van der Waals surface area contributed by atoms with E-state index in [9.17, 15) is 49.9 Å². The number of benzene rings is 1. The van der Waals surface area contributed by atoms with Crippen molar-refractivity contribution in [1.29, 1.82) is 0 Å². The van der Waals surface area contributed by atoms with Gasteiger partial charge in [-0.25, -0.2) is 22.0 Å². The summed E-state index contributed by atoms with van der Waals surface area (Å²) in [6.45, 7) is 3.00. The van der Waals surface area contributed by atoms with Gasteiger partial charge in [0.05, 0.1) is 11.8 Å². The number of nitrogens with zero attached hydrogens (tertiary/aromatic N) is 3. The number of aromatic nitrogens is 1. The summed E-state index contributed by atoms with van der Waals surface area (Å²) in [5.41, 5.74) is -4.88. The molecule has 1 saturated heterocycles. The van der Waals surface area contributed by atoms with Gasteiger partial charge >= 0.3 is 12.3 Å². The number of hydrogen-bond donors (Lipinski definition) is 3. The van der Waals surface area contributed by atoms with Gasteiger partial charge < -0.3 is 24.8 Å². The minimum atomic E-state index is -5.15. The van der Waals surface area contributed by atoms with Crippen molar-refractivity contribution in [2.24, 2.45) is 17.8 Å². The Labute approximate surface area is 348 Å². The zero-order valence-corrected chi connectivity index (χ0v) is 34.8. The molecule has 4 amide bonds. The molecule has 2 aromatic rings. The van der Waals surface area contributed by atoms with Crippen LogP contribution in [0.4, 0.5) is 26.7 Å². The van der Waals surface area contributed by atoms with Crippen LogP contribution in [-0.4, -0.2) is 112 Å². The number of sulfonamides is 1. The Morgan fingerprint density at radius 2 is 1.83 bits per heavy atom. The number of carbonyl (C=O) groups excluding carboxylic acids is 3. The zero-order chi connectivity index (χ0) is 44.1. The summed E-state index contributed by atoms with van der Waals surface area (Å²) in [6.07, 6.45) is -6.52. The van der Waals surface area contributed by atoms with E-state index in [0.29, 0.717) is 39.5 Å². The molecule has 21 heteroatoms. The number of halogens is 6. The van der Waals surface area contributed by atoms with Crippen molar-refractivity contribution in [3.63, 3.8) is 0 Å². The summed E-state index contributed by atoms with van der Waals surface area (Å²) in [7, 11) is -4.08. The molecule has 0 radical (unpaired) electrons. The largest absolute Gasteiger partial charge is 0.472 e. The van der Waals surface area contributed by atoms with E-state index in [2.05, 4.69) is 15.0 Å². The Kier molecular flexibility index (Phi) is 12.6. The number of hydrogen-bond acceptors (Lipinski definition) is 9. The Balaban J connectivity index is 1.44. The van der Waals surface area contributed by atoms with Crippen molar-refractivity contribution in [2.45, 2.75) is 120 Å². The van der Waals surface area contributed by atoms with Gasteiger partial charge in [0.15, 0.2) is 6.61 Å². The molecule has 2 saturated carbocycles. The van der Waals surface area contributed by atoms with Crippen LogP contribution in [0, 0.1) is 17.8 Å². The maximum atomic E-state index is 15.0. The van der Waals surface area contributed by atoms with Crippen molar-refractivity contribution in [2.75, 3.05) is 13.2 Å². The van der Waals surface area contributed by atoms with Crippen LogP contribution >= 0.6 is 11.6 Å². The highest BCUT2D eigenvalue weighted by Gasteiger charge is 2.63. The van der Waals surface area contributed by atoms with Crippen LogP contribution in [0.5, 0.6) is 11.8 Å². The smallest absolute Gasteiger partial charge is 0.411 e. The molecular weight excluding hydrogens is 845 g/mol. The van der Waals surface area contributed by atoms with Crippen LogP contribution in [0.15, 0.2) is 36.4 Å². The molecule has 0 bridgehead atoms. The van der Waals surface area contributed by atoms with Crippen molar-refractivity contribution in [3.8, 4) is 11.8 Å². The number of fused-ring (bicyclic) bond motifs is 3. The van der Waals surface area contributed by atoms with Crippen molar-refractivity contribution >= 4 is 56.2 Å². The lowest BCUT2D eigenvalue weighted by Gasteiger charge is -2.45. The first kappa shape index (κ1) is 45.1. The summed E-state index contributed by atoms with van der Waals surface area (Å²) in [5, 5.41) is 13.1. The van der Waals surface area contributed by atoms with Crippen LogP contribution in [0.2, 0.25) is 5.02 Å². The second-order valence-electron chi connectivity index (χ2n) is 16.7. The minimum Gasteiger partial charge on any atom is -0.472 e. The van der Waals surface area contributed by atoms with E-state index in [-0.39, 0.29) is 57.6 Å². The molecule has 14 nitrogen and oxygen atoms in total. The van der Waals surface area contributed by atoms with E-state index < -0.39 is 106 Å². The van der Waals surface area contributed by atoms with Crippen LogP contribution in [-0.2, 0) is 24.4 Å². The number of carbonyl (C=O) groups is 4. The SMILES string of the molecule is C[C@@H]1CC/C=C\[C@@H]2C[C@@]2(C(=O)NS(=O)(=O)C2CC2)NC(=O)[C@@H]2C[C@@H](Oc3nc(OCC(F)F)cc4c(Cl)cccc34)CN2C(=O)[C@@H](N(C(=O)O)C(C)(C)C(F)(F)F)[C@H](C)C1. The summed E-state index contributed by atoms with van der Waals surface area (Å²) < 4.78 is 110. The van der Waals surface area contributed by atoms with E-state index in [1.807, 2.05) is 0 Å². The fourth-order valence-electron chi connectivity index (χ4n) is 8.14. The number of ether oxygens (including phenoxy) is 2. The third kappa shape index (κ3) is 9.23. The van der Waals surface area contributed by atoms with Gasteiger partial charge in [0, 0.05) is 34.2 Å². The lowest BCUT2D eigenvalue weighted by Crippen LogP contribution is -2.66. The van der Waals surface area contributed by atoms with Crippen LogP contribution in [0.3, 0.4) is 0 Å². The maximum absolute atomic E-state index is 15.0. The second-order valence-corrected chi connectivity index (χ2v) is 19.1. The standard InChI is InChI=1S/C39H47ClF5N5O9S/c1-20-8-5-6-9-22-17-38(22,35(53)48-60(56,57)24-12-13-24)47-32(51)28-15-23(59-33-25-10-7-11-27(40)26(25)16-30(46-33)58-19-29(41)42)18-49(28)34(52)31(21(2)14-20)50(36(54)55)37(3,4)39(43,44)45/h6-7,9-11,16,20-24,28-29,31H,5,8,12-15,17-19H2,1-4H3,(H,47,51)(H,48,53)(H,54,55)/b9-6-/t20-,21-,22-,23-,28+,31+,38-/m1/s1. The van der Waals surface area contributed by atoms with Gasteiger partial charge in [0.2, 0.25) is 33.6 Å². The van der Waals surface area contributed by atoms with Gasteiger partial charge in [-0.3, -0.25) is 24.0 Å². The molecule has 330 valence electrons. The summed E-state index contributed by atoms with van der Waals surface area (Å²) in [4.78, 5) is 61.5. The predicted octanol–water partition coefficient (Wildman–Crippen LogP) is 6.07. The van der Waals surface area contributed by atoms with Crippen LogP contribution < -0.4 is 19.5 Å². The molecule has 0 unspecified atom stereocenters. The van der Waals surface area contributed by atoms with Gasteiger partial charge in [-0.05, 0) is 76.3 Å². The van der Waals surface area contributed by atoms with E-state index in [1.54, 1.807) is 31.2 Å². The average Bonchev–Trinajstić information content (AvgIpc) is 4.07. The predicted molar refractivity (Wildman–Crippen MR) is 207 cm³/mol. The third-order valence-corrected chi connectivity index (χ3v) is 13.9. The highest BCUT2D eigenvalue weighted by molar-refractivity contribution is 7.91. The molecule has 0 spiro atoms. The van der Waals surface area contributed by atoms with E-state index in [4.69, 9.17) is 21.1 Å². The Morgan fingerprint density at radius 3 is 2.47 bits per heavy atom. The van der Waals surface area contributed by atoms with Crippen molar-refractivity contribution in [1.82, 2.24) is 24.8 Å². The highest BCUT2D eigenvalue weighted by atomic mass is 35.5. The van der Waals surface area contributed by atoms with Gasteiger partial charge in [-0.15, -0.1) is 0 Å². The molecule has 3 N–H and O–H groups in total. The van der Waals surface area contributed by atoms with Crippen LogP contribution in [0.1, 0.15) is 72.6 Å². The summed E-state index contributed by atoms with van der Waals surface area (Å²) in [6, 6.07) is 2.34. The van der Waals surface area contributed by atoms with Gasteiger partial charge in [-0.2, -0.15) is 18.2 Å². The number of rotatable bonds is 10. The van der Waals surface area contributed by atoms with E-state index in [0.717, 1.165) is 4.90 Å². The Bertz CT molecular complexity index is 2160. The lowest BCUT2D eigenvalue weighted by atomic mass is 9.85. The van der Waals surface area contributed by atoms with Crippen LogP contribution in [0.25, 0.3) is 10.8 Å². The molecule has 1 aromatic heterocycles. The molecular formula is C39H47ClF5N5O9S. The number of amides is 4. The van der Waals surface area contributed by atoms with Gasteiger partial charge in [-0.1, -0.05) is 43.7 Å². The van der Waals surface area contributed by atoms with Gasteiger partial charge in [0.1, 0.15) is 29.3 Å². The molecule has 60 heavy (non-hydrogen) atoms. The first-order valence-corrected chi connectivity index (χ1v) is 21.5. The van der Waals surface area contributed by atoms with Crippen molar-refractivity contribution < 1.29 is 64.1 Å². The fraction of sp³-hybridized carbons (Fsp3) is 0.615. The minimum absolute atomic E-state index is 0.00822. The molecule has 7 atom stereocenters. The zero-order valence-electron chi connectivity index (χ0n) is 33.2. The number of pyridine rings is 1. The van der Waals surface area contributed by atoms with Gasteiger partial charge in [0.25, 0.3) is 12.3 Å². The monoisotopic (exact) mass is 891 g/mol. The quantitative estimate of drug-likeness (QED) is 0.187. The van der Waals surface area contributed by atoms with Crippen molar-refractivity contribution in [3.05, 3.63) is 41.4 Å². The topological polar surface area (TPSA) is 185 Å². The second kappa shape index (κ2) is 16.8. The number of allylic oxidation sites excluding steroid dienone is 1. The first-order valence-electron chi connectivity index (χ1n) is 19.6. The molecule has 2 aliphatic carbocycles.